The minimum Gasteiger partial charge on any atom is -0.103 e. The lowest BCUT2D eigenvalue weighted by molar-refractivity contribution is 0.772. The average molecular weight is 142 g/mol. The Hall–Kier alpha value is -0.260. The molecule has 0 bridgehead atoms. The van der Waals surface area contributed by atoms with Gasteiger partial charge in [0.25, 0.3) is 0 Å². The van der Waals surface area contributed by atoms with Gasteiger partial charge in [0.15, 0.2) is 0 Å². The topological polar surface area (TPSA) is 0 Å². The van der Waals surface area contributed by atoms with Crippen LogP contribution in [0.5, 0.6) is 0 Å². The molecule has 0 aromatic heterocycles. The van der Waals surface area contributed by atoms with Crippen molar-refractivity contribution in [2.75, 3.05) is 0 Å². The molecule has 0 aliphatic rings. The third-order valence-corrected chi connectivity index (χ3v) is 1.18. The first-order chi connectivity index (χ1) is 4.68. The summed E-state index contributed by atoms with van der Waals surface area (Å²) in [7, 11) is 0. The van der Waals surface area contributed by atoms with Crippen LogP contribution in [0.3, 0.4) is 0 Å². The highest BCUT2D eigenvalue weighted by atomic mass is 13.8. The van der Waals surface area contributed by atoms with E-state index in [0.29, 0.717) is 5.92 Å². The van der Waals surface area contributed by atoms with E-state index >= 15 is 0 Å². The van der Waals surface area contributed by atoms with Crippen LogP contribution in [-0.2, 0) is 0 Å². The maximum absolute atomic E-state index is 3.56. The molecule has 0 aromatic rings. The summed E-state index contributed by atoms with van der Waals surface area (Å²) < 4.78 is 0. The van der Waals surface area contributed by atoms with Gasteiger partial charge in [-0.15, -0.1) is 6.58 Å². The van der Waals surface area contributed by atoms with E-state index in [2.05, 4.69) is 34.3 Å². The van der Waals surface area contributed by atoms with Gasteiger partial charge in [-0.1, -0.05) is 53.0 Å². The van der Waals surface area contributed by atoms with Gasteiger partial charge in [0, 0.05) is 0 Å². The quantitative estimate of drug-likeness (QED) is 0.522. The van der Waals surface area contributed by atoms with Crippen molar-refractivity contribution in [3.05, 3.63) is 12.7 Å². The predicted molar refractivity (Wildman–Crippen MR) is 50.2 cm³/mol. The van der Waals surface area contributed by atoms with Crippen molar-refractivity contribution in [3.8, 4) is 0 Å². The average Bonchev–Trinajstić information content (AvgIpc) is 1.91. The predicted octanol–water partition coefficient (Wildman–Crippen LogP) is 4.02. The zero-order chi connectivity index (χ0) is 8.41. The first kappa shape index (κ1) is 12.4. The maximum atomic E-state index is 3.56. The third kappa shape index (κ3) is 25.1. The fourth-order valence-electron chi connectivity index (χ4n) is 0.354. The van der Waals surface area contributed by atoms with Crippen LogP contribution in [0.1, 0.15) is 47.0 Å². The van der Waals surface area contributed by atoms with Crippen molar-refractivity contribution in [2.24, 2.45) is 5.92 Å². The summed E-state index contributed by atoms with van der Waals surface area (Å²) in [4.78, 5) is 0. The van der Waals surface area contributed by atoms with Gasteiger partial charge in [-0.2, -0.15) is 0 Å². The first-order valence-electron chi connectivity index (χ1n) is 4.31. The van der Waals surface area contributed by atoms with Crippen LogP contribution in [0.25, 0.3) is 0 Å². The lowest BCUT2D eigenvalue weighted by Crippen LogP contribution is -1.71. The molecule has 0 unspecified atom stereocenters. The van der Waals surface area contributed by atoms with Crippen LogP contribution in [0.4, 0.5) is 0 Å². The Balaban J connectivity index is 0. The second-order valence-electron chi connectivity index (χ2n) is 2.83. The van der Waals surface area contributed by atoms with Crippen LogP contribution in [0.15, 0.2) is 12.7 Å². The van der Waals surface area contributed by atoms with Gasteiger partial charge >= 0.3 is 0 Å². The summed E-state index contributed by atoms with van der Waals surface area (Å²) in [6.07, 6.45) is 5.99. The van der Waals surface area contributed by atoms with Crippen LogP contribution in [0.2, 0.25) is 0 Å². The normalized spacial score (nSPS) is 8.50. The van der Waals surface area contributed by atoms with Crippen molar-refractivity contribution in [2.45, 2.75) is 47.0 Å². The SMILES string of the molecule is C=CC(C)C.CCCCC. The molecule has 0 saturated carbocycles. The summed E-state index contributed by atoms with van der Waals surface area (Å²) in [5.41, 5.74) is 0. The molecule has 0 heteroatoms. The fraction of sp³-hybridized carbons (Fsp3) is 0.800. The van der Waals surface area contributed by atoms with Gasteiger partial charge in [0.1, 0.15) is 0 Å². The van der Waals surface area contributed by atoms with Gasteiger partial charge < -0.3 is 0 Å². The zero-order valence-corrected chi connectivity index (χ0v) is 7.98. The Labute approximate surface area is 66.3 Å². The summed E-state index contributed by atoms with van der Waals surface area (Å²) in [6, 6.07) is 0. The van der Waals surface area contributed by atoms with Crippen LogP contribution < -0.4 is 0 Å². The van der Waals surface area contributed by atoms with E-state index in [1.54, 1.807) is 0 Å². The largest absolute Gasteiger partial charge is 0.103 e. The molecular formula is C10H22. The standard InChI is InChI=1S/C5H10.C5H12/c1-4-5(2)3;1-3-5-4-2/h4-5H,1H2,2-3H3;3-5H2,1-2H3. The molecule has 10 heavy (non-hydrogen) atoms. The van der Waals surface area contributed by atoms with E-state index in [1.807, 2.05) is 6.08 Å². The van der Waals surface area contributed by atoms with Crippen molar-refractivity contribution < 1.29 is 0 Å². The molecule has 62 valence electrons. The van der Waals surface area contributed by atoms with Crippen LogP contribution in [0, 0.1) is 5.92 Å². The lowest BCUT2D eigenvalue weighted by Gasteiger charge is -1.84. The van der Waals surface area contributed by atoms with E-state index < -0.39 is 0 Å². The number of hydrogen-bond donors (Lipinski definition) is 0. The van der Waals surface area contributed by atoms with Gasteiger partial charge in [-0.25, -0.2) is 0 Å². The molecule has 0 fully saturated rings. The van der Waals surface area contributed by atoms with Crippen molar-refractivity contribution in [1.29, 1.82) is 0 Å². The Morgan fingerprint density at radius 3 is 1.50 bits per heavy atom. The number of rotatable bonds is 3. The van der Waals surface area contributed by atoms with E-state index in [0.717, 1.165) is 0 Å². The second-order valence-corrected chi connectivity index (χ2v) is 2.83. The van der Waals surface area contributed by atoms with Crippen molar-refractivity contribution >= 4 is 0 Å². The van der Waals surface area contributed by atoms with Crippen molar-refractivity contribution in [3.63, 3.8) is 0 Å². The highest BCUT2D eigenvalue weighted by molar-refractivity contribution is 4.69. The molecular weight excluding hydrogens is 120 g/mol. The molecule has 0 nitrogen and oxygen atoms in total. The molecule has 0 spiro atoms. The molecule has 0 radical (unpaired) electrons. The molecule has 0 aliphatic heterocycles. The Bertz CT molecular complexity index is 51.1. The molecule has 0 amide bonds. The highest BCUT2D eigenvalue weighted by Crippen LogP contribution is 1.88. The van der Waals surface area contributed by atoms with Gasteiger partial charge in [-0.3, -0.25) is 0 Å². The minimum absolute atomic E-state index is 0.648. The van der Waals surface area contributed by atoms with Crippen molar-refractivity contribution in [1.82, 2.24) is 0 Å². The monoisotopic (exact) mass is 142 g/mol. The molecule has 0 atom stereocenters. The van der Waals surface area contributed by atoms with E-state index in [4.69, 9.17) is 0 Å². The Morgan fingerprint density at radius 2 is 1.50 bits per heavy atom. The summed E-state index contributed by atoms with van der Waals surface area (Å²) >= 11 is 0. The summed E-state index contributed by atoms with van der Waals surface area (Å²) in [5.74, 6) is 0.648. The van der Waals surface area contributed by atoms with E-state index in [-0.39, 0.29) is 0 Å². The Morgan fingerprint density at radius 1 is 1.20 bits per heavy atom. The van der Waals surface area contributed by atoms with Crippen LogP contribution in [-0.4, -0.2) is 0 Å². The number of hydrogen-bond acceptors (Lipinski definition) is 0. The molecule has 0 aliphatic carbocycles. The number of allylic oxidation sites excluding steroid dienone is 1. The smallest absolute Gasteiger partial charge is 0.0293 e. The highest BCUT2D eigenvalue weighted by Gasteiger charge is 1.73. The number of unbranched alkanes of at least 4 members (excludes halogenated alkanes) is 2. The molecule has 0 N–H and O–H groups in total. The van der Waals surface area contributed by atoms with Crippen LogP contribution >= 0.6 is 0 Å². The fourth-order valence-corrected chi connectivity index (χ4v) is 0.354. The molecule has 0 heterocycles. The maximum Gasteiger partial charge on any atom is -0.0293 e. The molecule has 0 saturated heterocycles. The molecule has 0 aromatic carbocycles. The zero-order valence-electron chi connectivity index (χ0n) is 7.98. The van der Waals surface area contributed by atoms with Gasteiger partial charge in [-0.05, 0) is 5.92 Å². The lowest BCUT2D eigenvalue weighted by atomic mass is 10.2. The minimum atomic E-state index is 0.648. The van der Waals surface area contributed by atoms with Gasteiger partial charge in [0.2, 0.25) is 0 Å². The van der Waals surface area contributed by atoms with E-state index in [9.17, 15) is 0 Å². The Kier molecular flexibility index (Phi) is 14.3. The first-order valence-corrected chi connectivity index (χ1v) is 4.31. The molecule has 0 rings (SSSR count). The second kappa shape index (κ2) is 11.5. The third-order valence-electron chi connectivity index (χ3n) is 1.18. The summed E-state index contributed by atoms with van der Waals surface area (Å²) in [5, 5.41) is 0. The van der Waals surface area contributed by atoms with E-state index in [1.165, 1.54) is 19.3 Å². The van der Waals surface area contributed by atoms with Gasteiger partial charge in [0.05, 0.1) is 0 Å². The summed E-state index contributed by atoms with van der Waals surface area (Å²) in [6.45, 7) is 12.2.